The molecule has 0 aliphatic rings. The average molecular weight is 301 g/mol. The van der Waals surface area contributed by atoms with E-state index in [0.717, 1.165) is 28.5 Å². The van der Waals surface area contributed by atoms with E-state index in [4.69, 9.17) is 9.68 Å². The number of rotatable bonds is 4. The molecule has 1 aromatic heterocycles. The van der Waals surface area contributed by atoms with Crippen molar-refractivity contribution >= 4 is 22.8 Å². The van der Waals surface area contributed by atoms with Gasteiger partial charge in [-0.05, 0) is 36.3 Å². The van der Waals surface area contributed by atoms with Crippen molar-refractivity contribution in [1.29, 1.82) is 5.26 Å². The number of furan rings is 1. The Morgan fingerprint density at radius 1 is 1.17 bits per heavy atom. The summed E-state index contributed by atoms with van der Waals surface area (Å²) < 4.78 is 5.73. The van der Waals surface area contributed by atoms with Gasteiger partial charge in [-0.15, -0.1) is 0 Å². The molecule has 2 aromatic carbocycles. The maximum absolute atomic E-state index is 12.5. The van der Waals surface area contributed by atoms with E-state index in [1.54, 1.807) is 18.2 Å². The molecule has 0 spiro atoms. The number of nitrogens with zero attached hydrogens (tertiary/aromatic N) is 1. The minimum atomic E-state index is -0.151. The van der Waals surface area contributed by atoms with Crippen LogP contribution in [0.5, 0.6) is 0 Å². The van der Waals surface area contributed by atoms with Gasteiger partial charge in [0, 0.05) is 10.9 Å². The van der Waals surface area contributed by atoms with E-state index in [-0.39, 0.29) is 5.78 Å². The summed E-state index contributed by atoms with van der Waals surface area (Å²) in [4.78, 5) is 12.5. The second-order valence-electron chi connectivity index (χ2n) is 5.19. The van der Waals surface area contributed by atoms with Gasteiger partial charge >= 0.3 is 0 Å². The van der Waals surface area contributed by atoms with Gasteiger partial charge in [-0.3, -0.25) is 4.79 Å². The normalized spacial score (nSPS) is 11.0. The molecule has 0 N–H and O–H groups in total. The third-order valence-electron chi connectivity index (χ3n) is 3.74. The van der Waals surface area contributed by atoms with Crippen LogP contribution < -0.4 is 0 Å². The Morgan fingerprint density at radius 3 is 2.61 bits per heavy atom. The molecule has 112 valence electrons. The maximum Gasteiger partial charge on any atom is 0.221 e. The zero-order valence-electron chi connectivity index (χ0n) is 12.7. The fourth-order valence-corrected chi connectivity index (χ4v) is 2.57. The second kappa shape index (κ2) is 6.33. The Bertz CT molecular complexity index is 924. The molecule has 3 aromatic rings. The van der Waals surface area contributed by atoms with Crippen molar-refractivity contribution in [3.05, 3.63) is 77.1 Å². The fraction of sp³-hybridized carbons (Fsp3) is 0.100. The largest absolute Gasteiger partial charge is 0.452 e. The van der Waals surface area contributed by atoms with Crippen LogP contribution in [0, 0.1) is 11.3 Å². The van der Waals surface area contributed by atoms with Crippen LogP contribution in [-0.4, -0.2) is 5.78 Å². The smallest absolute Gasteiger partial charge is 0.221 e. The van der Waals surface area contributed by atoms with Gasteiger partial charge in [0.1, 0.15) is 5.58 Å². The van der Waals surface area contributed by atoms with Crippen molar-refractivity contribution in [3.8, 4) is 6.07 Å². The molecule has 3 rings (SSSR count). The fourth-order valence-electron chi connectivity index (χ4n) is 2.57. The molecule has 0 aliphatic carbocycles. The van der Waals surface area contributed by atoms with Crippen molar-refractivity contribution in [2.24, 2.45) is 0 Å². The number of hydrogen-bond donors (Lipinski definition) is 0. The van der Waals surface area contributed by atoms with Gasteiger partial charge in [-0.25, -0.2) is 0 Å². The number of carbonyl (C=O) groups excluding carboxylic acids is 1. The van der Waals surface area contributed by atoms with E-state index < -0.39 is 0 Å². The van der Waals surface area contributed by atoms with Gasteiger partial charge in [0.15, 0.2) is 5.76 Å². The molecular formula is C20H15NO2. The number of nitriles is 1. The minimum Gasteiger partial charge on any atom is -0.452 e. The van der Waals surface area contributed by atoms with E-state index in [1.807, 2.05) is 43.3 Å². The molecule has 0 radical (unpaired) electrons. The lowest BCUT2D eigenvalue weighted by atomic mass is 10.1. The van der Waals surface area contributed by atoms with Gasteiger partial charge in [-0.2, -0.15) is 5.26 Å². The highest BCUT2D eigenvalue weighted by Crippen LogP contribution is 2.27. The van der Waals surface area contributed by atoms with Gasteiger partial charge in [-0.1, -0.05) is 43.3 Å². The van der Waals surface area contributed by atoms with Crippen LogP contribution >= 0.6 is 0 Å². The predicted molar refractivity (Wildman–Crippen MR) is 90.1 cm³/mol. The first-order chi connectivity index (χ1) is 11.2. The molecular weight excluding hydrogens is 286 g/mol. The Kier molecular flexibility index (Phi) is 4.07. The number of hydrogen-bond acceptors (Lipinski definition) is 3. The number of carbonyl (C=O) groups is 1. The molecule has 3 heteroatoms. The lowest BCUT2D eigenvalue weighted by Gasteiger charge is -1.96. The topological polar surface area (TPSA) is 54.0 Å². The van der Waals surface area contributed by atoms with Crippen LogP contribution in [0.3, 0.4) is 0 Å². The third-order valence-corrected chi connectivity index (χ3v) is 3.74. The van der Waals surface area contributed by atoms with Crippen molar-refractivity contribution < 1.29 is 9.21 Å². The zero-order valence-corrected chi connectivity index (χ0v) is 12.7. The standard InChI is InChI=1S/C20H15NO2/c1-2-16-17-5-3-4-6-19(17)23-20(16)18(22)12-11-14-7-9-15(13-21)10-8-14/h3-12H,2H2,1H3/b12-11+. The Balaban J connectivity index is 1.91. The molecule has 0 amide bonds. The lowest BCUT2D eigenvalue weighted by molar-refractivity contribution is 0.102. The van der Waals surface area contributed by atoms with Crippen molar-refractivity contribution in [2.75, 3.05) is 0 Å². The summed E-state index contributed by atoms with van der Waals surface area (Å²) in [6, 6.07) is 16.8. The van der Waals surface area contributed by atoms with Crippen molar-refractivity contribution in [1.82, 2.24) is 0 Å². The predicted octanol–water partition coefficient (Wildman–Crippen LogP) is 4.76. The monoisotopic (exact) mass is 301 g/mol. The molecule has 0 atom stereocenters. The number of benzene rings is 2. The van der Waals surface area contributed by atoms with Crippen LogP contribution in [0.1, 0.15) is 34.2 Å². The first-order valence-electron chi connectivity index (χ1n) is 7.46. The minimum absolute atomic E-state index is 0.151. The van der Waals surface area contributed by atoms with E-state index in [2.05, 4.69) is 6.07 Å². The summed E-state index contributed by atoms with van der Waals surface area (Å²) in [6.07, 6.45) is 3.98. The second-order valence-corrected chi connectivity index (χ2v) is 5.19. The van der Waals surface area contributed by atoms with Crippen LogP contribution in [0.2, 0.25) is 0 Å². The van der Waals surface area contributed by atoms with E-state index in [0.29, 0.717) is 11.3 Å². The number of para-hydroxylation sites is 1. The average Bonchev–Trinajstić information content (AvgIpc) is 2.98. The van der Waals surface area contributed by atoms with Crippen LogP contribution in [0.15, 0.2) is 59.0 Å². The summed E-state index contributed by atoms with van der Waals surface area (Å²) in [7, 11) is 0. The molecule has 0 aliphatic heterocycles. The molecule has 3 nitrogen and oxygen atoms in total. The Morgan fingerprint density at radius 2 is 1.91 bits per heavy atom. The zero-order chi connectivity index (χ0) is 16.2. The Hall–Kier alpha value is -3.12. The highest BCUT2D eigenvalue weighted by atomic mass is 16.3. The molecule has 1 heterocycles. The number of fused-ring (bicyclic) bond motifs is 1. The molecule has 0 saturated carbocycles. The quantitative estimate of drug-likeness (QED) is 0.515. The molecule has 0 saturated heterocycles. The van der Waals surface area contributed by atoms with Crippen molar-refractivity contribution in [2.45, 2.75) is 13.3 Å². The third kappa shape index (κ3) is 2.93. The van der Waals surface area contributed by atoms with E-state index in [9.17, 15) is 4.79 Å². The van der Waals surface area contributed by atoms with Crippen molar-refractivity contribution in [3.63, 3.8) is 0 Å². The summed E-state index contributed by atoms with van der Waals surface area (Å²) in [6.45, 7) is 2.01. The highest BCUT2D eigenvalue weighted by molar-refractivity contribution is 6.08. The van der Waals surface area contributed by atoms with Gasteiger partial charge in [0.25, 0.3) is 0 Å². The summed E-state index contributed by atoms with van der Waals surface area (Å²) in [5, 5.41) is 9.78. The SMILES string of the molecule is CCc1c(C(=O)/C=C/c2ccc(C#N)cc2)oc2ccccc12. The lowest BCUT2D eigenvalue weighted by Crippen LogP contribution is -1.96. The summed E-state index contributed by atoms with van der Waals surface area (Å²) in [5.41, 5.74) is 3.14. The van der Waals surface area contributed by atoms with Crippen LogP contribution in [0.4, 0.5) is 0 Å². The van der Waals surface area contributed by atoms with E-state index >= 15 is 0 Å². The summed E-state index contributed by atoms with van der Waals surface area (Å²) in [5.74, 6) is 0.251. The van der Waals surface area contributed by atoms with Gasteiger partial charge in [0.05, 0.1) is 11.6 Å². The maximum atomic E-state index is 12.5. The first-order valence-corrected chi connectivity index (χ1v) is 7.46. The highest BCUT2D eigenvalue weighted by Gasteiger charge is 2.16. The molecule has 0 unspecified atom stereocenters. The molecule has 23 heavy (non-hydrogen) atoms. The first kappa shape index (κ1) is 14.8. The van der Waals surface area contributed by atoms with Gasteiger partial charge < -0.3 is 4.42 Å². The van der Waals surface area contributed by atoms with Crippen LogP contribution in [-0.2, 0) is 6.42 Å². The van der Waals surface area contributed by atoms with E-state index in [1.165, 1.54) is 6.08 Å². The number of allylic oxidation sites excluding steroid dienone is 1. The molecule has 0 bridgehead atoms. The summed E-state index contributed by atoms with van der Waals surface area (Å²) >= 11 is 0. The van der Waals surface area contributed by atoms with Gasteiger partial charge in [0.2, 0.25) is 5.78 Å². The number of aryl methyl sites for hydroxylation is 1. The Labute approximate surface area is 134 Å². The number of ketones is 1. The molecule has 0 fully saturated rings. The van der Waals surface area contributed by atoms with Crippen LogP contribution in [0.25, 0.3) is 17.0 Å².